The summed E-state index contributed by atoms with van der Waals surface area (Å²) in [5, 5.41) is 10.3. The number of hydrogen-bond acceptors (Lipinski definition) is 6. The van der Waals surface area contributed by atoms with Crippen molar-refractivity contribution in [2.24, 2.45) is 7.05 Å². The van der Waals surface area contributed by atoms with Gasteiger partial charge < -0.3 is 11.1 Å². The van der Waals surface area contributed by atoms with Crippen LogP contribution in [0, 0.1) is 5.82 Å². The third-order valence-electron chi connectivity index (χ3n) is 4.09. The molecule has 0 bridgehead atoms. The highest BCUT2D eigenvalue weighted by atomic mass is 32.1. The van der Waals surface area contributed by atoms with Gasteiger partial charge in [0.15, 0.2) is 5.65 Å². The fourth-order valence-electron chi connectivity index (χ4n) is 2.76. The number of nitrogen functional groups attached to an aromatic ring is 1. The van der Waals surface area contributed by atoms with Gasteiger partial charge in [-0.3, -0.25) is 4.68 Å². The number of benzene rings is 1. The number of nitrogens with zero attached hydrogens (tertiary/aromatic N) is 4. The normalized spacial score (nSPS) is 11.2. The van der Waals surface area contributed by atoms with Crippen LogP contribution in [0.25, 0.3) is 22.3 Å². The zero-order valence-corrected chi connectivity index (χ0v) is 14.9. The zero-order valence-electron chi connectivity index (χ0n) is 14.1. The lowest BCUT2D eigenvalue weighted by Crippen LogP contribution is -2.08. The van der Waals surface area contributed by atoms with E-state index in [4.69, 9.17) is 5.73 Å². The van der Waals surface area contributed by atoms with E-state index in [2.05, 4.69) is 31.8 Å². The van der Waals surface area contributed by atoms with Crippen molar-refractivity contribution in [2.45, 2.75) is 6.42 Å². The van der Waals surface area contributed by atoms with Crippen molar-refractivity contribution in [3.8, 4) is 11.3 Å². The summed E-state index contributed by atoms with van der Waals surface area (Å²) in [6.45, 7) is 0.706. The van der Waals surface area contributed by atoms with E-state index in [-0.39, 0.29) is 5.82 Å². The Balaban J connectivity index is 1.71. The van der Waals surface area contributed by atoms with Crippen LogP contribution in [-0.4, -0.2) is 26.3 Å². The highest BCUT2D eigenvalue weighted by Crippen LogP contribution is 2.31. The Morgan fingerprint density at radius 3 is 2.73 bits per heavy atom. The number of fused-ring (bicyclic) bond motifs is 1. The maximum Gasteiger partial charge on any atom is 0.225 e. The Hall–Kier alpha value is -3.00. The Kier molecular flexibility index (Phi) is 4.26. The topological polar surface area (TPSA) is 81.7 Å². The fraction of sp³-hybridized carbons (Fsp3) is 0.167. The van der Waals surface area contributed by atoms with Crippen LogP contribution in [0.5, 0.6) is 0 Å². The van der Waals surface area contributed by atoms with E-state index in [0.29, 0.717) is 35.0 Å². The summed E-state index contributed by atoms with van der Waals surface area (Å²) in [7, 11) is 1.76. The smallest absolute Gasteiger partial charge is 0.225 e. The average Bonchev–Trinajstić information content (AvgIpc) is 3.24. The first-order valence-electron chi connectivity index (χ1n) is 8.14. The van der Waals surface area contributed by atoms with Crippen LogP contribution >= 0.6 is 11.3 Å². The lowest BCUT2D eigenvalue weighted by molar-refractivity contribution is 0.628. The molecule has 0 spiro atoms. The molecular weight excluding hydrogens is 351 g/mol. The number of thiophene rings is 1. The molecule has 6 nitrogen and oxygen atoms in total. The molecule has 0 aliphatic rings. The molecule has 1 aromatic carbocycles. The molecule has 0 saturated carbocycles. The molecule has 3 heterocycles. The Bertz CT molecular complexity index is 1040. The van der Waals surface area contributed by atoms with Gasteiger partial charge in [-0.1, -0.05) is 6.07 Å². The Labute approximate surface area is 153 Å². The first-order valence-corrected chi connectivity index (χ1v) is 9.02. The van der Waals surface area contributed by atoms with Gasteiger partial charge in [-0.05, 0) is 42.1 Å². The lowest BCUT2D eigenvalue weighted by Gasteiger charge is -2.08. The van der Waals surface area contributed by atoms with Crippen molar-refractivity contribution in [3.63, 3.8) is 0 Å². The van der Waals surface area contributed by atoms with E-state index < -0.39 is 0 Å². The molecule has 0 aliphatic heterocycles. The second-order valence-corrected chi connectivity index (χ2v) is 6.90. The van der Waals surface area contributed by atoms with Gasteiger partial charge in [0, 0.05) is 24.0 Å². The minimum absolute atomic E-state index is 0.299. The maximum atomic E-state index is 13.3. The molecule has 0 fully saturated rings. The summed E-state index contributed by atoms with van der Waals surface area (Å²) in [4.78, 5) is 10.4. The second kappa shape index (κ2) is 6.72. The maximum absolute atomic E-state index is 13.3. The molecule has 4 rings (SSSR count). The van der Waals surface area contributed by atoms with Gasteiger partial charge in [-0.15, -0.1) is 11.3 Å². The molecule has 0 atom stereocenters. The highest BCUT2D eigenvalue weighted by molar-refractivity contribution is 7.09. The van der Waals surface area contributed by atoms with Crippen LogP contribution in [0.4, 0.5) is 16.2 Å². The molecule has 0 saturated heterocycles. The van der Waals surface area contributed by atoms with Gasteiger partial charge >= 0.3 is 0 Å². The van der Waals surface area contributed by atoms with Crippen molar-refractivity contribution in [1.82, 2.24) is 19.7 Å². The number of aromatic nitrogens is 4. The minimum atomic E-state index is -0.299. The van der Waals surface area contributed by atoms with Crippen molar-refractivity contribution in [3.05, 3.63) is 52.5 Å². The summed E-state index contributed by atoms with van der Waals surface area (Å²) in [6.07, 6.45) is 0.884. The van der Waals surface area contributed by atoms with Crippen LogP contribution in [0.2, 0.25) is 0 Å². The van der Waals surface area contributed by atoms with E-state index in [1.807, 2.05) is 6.07 Å². The van der Waals surface area contributed by atoms with Gasteiger partial charge in [0.1, 0.15) is 11.6 Å². The van der Waals surface area contributed by atoms with Gasteiger partial charge in [0.05, 0.1) is 11.1 Å². The summed E-state index contributed by atoms with van der Waals surface area (Å²) >= 11 is 1.72. The SMILES string of the molecule is Cn1nc2nc(NCCc3cccs3)nc(-c3ccc(F)cc3)c2c1N. The van der Waals surface area contributed by atoms with Crippen molar-refractivity contribution in [1.29, 1.82) is 0 Å². The third-order valence-corrected chi connectivity index (χ3v) is 5.03. The molecule has 0 amide bonds. The first kappa shape index (κ1) is 16.5. The molecule has 0 aliphatic carbocycles. The first-order chi connectivity index (χ1) is 12.6. The molecular formula is C18H17FN6S. The van der Waals surface area contributed by atoms with Gasteiger partial charge in [-0.2, -0.15) is 10.1 Å². The van der Waals surface area contributed by atoms with Crippen LogP contribution in [0.15, 0.2) is 41.8 Å². The van der Waals surface area contributed by atoms with Gasteiger partial charge in [0.25, 0.3) is 0 Å². The summed E-state index contributed by atoms with van der Waals surface area (Å²) < 4.78 is 14.9. The predicted molar refractivity (Wildman–Crippen MR) is 103 cm³/mol. The van der Waals surface area contributed by atoms with Gasteiger partial charge in [-0.25, -0.2) is 9.37 Å². The number of rotatable bonds is 5. The average molecular weight is 368 g/mol. The summed E-state index contributed by atoms with van der Waals surface area (Å²) in [5.74, 6) is 0.656. The molecule has 8 heteroatoms. The number of halogens is 1. The molecule has 3 N–H and O–H groups in total. The zero-order chi connectivity index (χ0) is 18.1. The lowest BCUT2D eigenvalue weighted by atomic mass is 10.1. The number of anilines is 2. The highest BCUT2D eigenvalue weighted by Gasteiger charge is 2.17. The van der Waals surface area contributed by atoms with E-state index in [1.165, 1.54) is 17.0 Å². The van der Waals surface area contributed by atoms with E-state index in [9.17, 15) is 4.39 Å². The summed E-state index contributed by atoms with van der Waals surface area (Å²) in [6, 6.07) is 10.3. The molecule has 4 aromatic rings. The number of nitrogens with one attached hydrogen (secondary N) is 1. The van der Waals surface area contributed by atoms with Crippen LogP contribution < -0.4 is 11.1 Å². The van der Waals surface area contributed by atoms with Crippen molar-refractivity contribution in [2.75, 3.05) is 17.6 Å². The largest absolute Gasteiger partial charge is 0.383 e. The monoisotopic (exact) mass is 368 g/mol. The van der Waals surface area contributed by atoms with E-state index in [0.717, 1.165) is 12.0 Å². The molecule has 0 radical (unpaired) electrons. The van der Waals surface area contributed by atoms with E-state index >= 15 is 0 Å². The second-order valence-electron chi connectivity index (χ2n) is 5.87. The molecule has 3 aromatic heterocycles. The molecule has 0 unspecified atom stereocenters. The molecule has 132 valence electrons. The standard InChI is InChI=1S/C18H17FN6S/c1-25-16(20)14-15(11-4-6-12(19)7-5-11)22-18(23-17(14)24-25)21-9-8-13-3-2-10-26-13/h2-7,10H,8-9,20H2,1H3,(H,21,23,24). The third kappa shape index (κ3) is 3.11. The van der Waals surface area contributed by atoms with Gasteiger partial charge in [0.2, 0.25) is 5.95 Å². The van der Waals surface area contributed by atoms with Crippen molar-refractivity contribution >= 4 is 34.1 Å². The van der Waals surface area contributed by atoms with Crippen LogP contribution in [0.1, 0.15) is 4.88 Å². The summed E-state index contributed by atoms with van der Waals surface area (Å²) in [5.41, 5.74) is 8.06. The quantitative estimate of drug-likeness (QED) is 0.564. The Morgan fingerprint density at radius 1 is 1.19 bits per heavy atom. The van der Waals surface area contributed by atoms with Crippen LogP contribution in [-0.2, 0) is 13.5 Å². The molecule has 26 heavy (non-hydrogen) atoms. The fourth-order valence-corrected chi connectivity index (χ4v) is 3.47. The number of hydrogen-bond donors (Lipinski definition) is 2. The number of nitrogens with two attached hydrogens (primary N) is 1. The number of aryl methyl sites for hydroxylation is 1. The van der Waals surface area contributed by atoms with Crippen molar-refractivity contribution < 1.29 is 4.39 Å². The van der Waals surface area contributed by atoms with E-state index in [1.54, 1.807) is 35.2 Å². The predicted octanol–water partition coefficient (Wildman–Crippen LogP) is 3.47. The van der Waals surface area contributed by atoms with Crippen LogP contribution in [0.3, 0.4) is 0 Å². The Morgan fingerprint density at radius 2 is 2.00 bits per heavy atom. The minimum Gasteiger partial charge on any atom is -0.383 e.